The van der Waals surface area contributed by atoms with Gasteiger partial charge in [0.1, 0.15) is 6.61 Å². The molecule has 0 aromatic heterocycles. The van der Waals surface area contributed by atoms with Gasteiger partial charge in [-0.15, -0.1) is 0 Å². The van der Waals surface area contributed by atoms with Crippen LogP contribution in [0.1, 0.15) is 0 Å². The molecule has 0 unspecified atom stereocenters. The van der Waals surface area contributed by atoms with Gasteiger partial charge >= 0.3 is 0 Å². The van der Waals surface area contributed by atoms with Crippen LogP contribution >= 0.6 is 23.5 Å². The van der Waals surface area contributed by atoms with E-state index in [9.17, 15) is 0 Å². The van der Waals surface area contributed by atoms with Crippen molar-refractivity contribution in [3.8, 4) is 0 Å². The second kappa shape index (κ2) is 19.4. The van der Waals surface area contributed by atoms with Crippen LogP contribution in [-0.2, 0) is 19.0 Å². The lowest BCUT2D eigenvalue weighted by Gasteiger charge is -2.06. The highest BCUT2D eigenvalue weighted by Gasteiger charge is 1.98. The number of oxime groups is 1. The monoisotopic (exact) mass is 366 g/mol. The average molecular weight is 367 g/mol. The first-order chi connectivity index (χ1) is 11.3. The van der Waals surface area contributed by atoms with Crippen LogP contribution in [0.15, 0.2) is 10.3 Å². The van der Waals surface area contributed by atoms with E-state index in [-0.39, 0.29) is 0 Å². The summed E-state index contributed by atoms with van der Waals surface area (Å²) in [5.41, 5.74) is 9.11. The molecule has 0 spiro atoms. The lowest BCUT2D eigenvalue weighted by Crippen LogP contribution is -2.12. The van der Waals surface area contributed by atoms with E-state index in [0.717, 1.165) is 17.2 Å². The molecular weight excluding hydrogens is 340 g/mol. The summed E-state index contributed by atoms with van der Waals surface area (Å²) >= 11 is 3.47. The van der Waals surface area contributed by atoms with Crippen molar-refractivity contribution in [1.82, 2.24) is 0 Å². The highest BCUT2D eigenvalue weighted by molar-refractivity contribution is 8.00. The molecular formula is C13H26N4O4S2. The lowest BCUT2D eigenvalue weighted by atomic mass is 10.5. The summed E-state index contributed by atoms with van der Waals surface area (Å²) in [5, 5.41) is 7.47. The van der Waals surface area contributed by atoms with Crippen LogP contribution in [-0.4, -0.2) is 82.5 Å². The minimum absolute atomic E-state index is 0.345. The van der Waals surface area contributed by atoms with Crippen molar-refractivity contribution >= 4 is 29.2 Å². The number of hydrogen-bond acceptors (Lipinski definition) is 8. The highest BCUT2D eigenvalue weighted by Crippen LogP contribution is 2.01. The Morgan fingerprint density at radius 3 is 1.91 bits per heavy atom. The summed E-state index contributed by atoms with van der Waals surface area (Å²) in [7, 11) is 0. The Labute approximate surface area is 146 Å². The molecule has 0 aromatic rings. The molecule has 0 aliphatic carbocycles. The van der Waals surface area contributed by atoms with Crippen LogP contribution in [0, 0.1) is 0 Å². The molecule has 0 fully saturated rings. The van der Waals surface area contributed by atoms with E-state index in [4.69, 9.17) is 24.6 Å². The van der Waals surface area contributed by atoms with Gasteiger partial charge in [0.05, 0.1) is 45.4 Å². The maximum absolute atomic E-state index is 8.06. The fourth-order valence-corrected chi connectivity index (χ4v) is 2.46. The molecule has 0 bridgehead atoms. The Morgan fingerprint density at radius 2 is 1.39 bits per heavy atom. The largest absolute Gasteiger partial charge is 0.393 e. The van der Waals surface area contributed by atoms with Crippen molar-refractivity contribution in [3.63, 3.8) is 0 Å². The zero-order valence-corrected chi connectivity index (χ0v) is 15.4. The third-order valence-electron chi connectivity index (χ3n) is 2.28. The molecule has 0 heterocycles. The van der Waals surface area contributed by atoms with Gasteiger partial charge < -0.3 is 19.0 Å². The first-order valence-corrected chi connectivity index (χ1v) is 10.0. The molecule has 134 valence electrons. The molecule has 10 heteroatoms. The third-order valence-corrected chi connectivity index (χ3v) is 3.52. The average Bonchev–Trinajstić information content (AvgIpc) is 2.55. The van der Waals surface area contributed by atoms with Crippen LogP contribution in [0.2, 0.25) is 0 Å². The van der Waals surface area contributed by atoms with E-state index in [1.165, 1.54) is 0 Å². The van der Waals surface area contributed by atoms with Crippen LogP contribution in [0.3, 0.4) is 0 Å². The molecule has 0 rings (SSSR count). The van der Waals surface area contributed by atoms with Gasteiger partial charge in [-0.1, -0.05) is 10.3 Å². The molecule has 23 heavy (non-hydrogen) atoms. The molecule has 0 saturated heterocycles. The predicted molar refractivity (Wildman–Crippen MR) is 96.6 cm³/mol. The summed E-state index contributed by atoms with van der Waals surface area (Å²) in [6, 6.07) is 0. The Hall–Kier alpha value is -0.640. The van der Waals surface area contributed by atoms with Crippen LogP contribution in [0.4, 0.5) is 0 Å². The molecule has 0 radical (unpaired) electrons. The van der Waals surface area contributed by atoms with E-state index >= 15 is 0 Å². The maximum atomic E-state index is 8.06. The minimum Gasteiger partial charge on any atom is -0.393 e. The zero-order valence-electron chi connectivity index (χ0n) is 13.8. The fourth-order valence-electron chi connectivity index (χ4n) is 1.35. The van der Waals surface area contributed by atoms with Gasteiger partial charge in [0.2, 0.25) is 0 Å². The number of nitrogens with zero attached hydrogens (tertiary/aromatic N) is 4. The summed E-state index contributed by atoms with van der Waals surface area (Å²) in [6.45, 7) is 3.67. The first kappa shape index (κ1) is 22.4. The Bertz CT molecular complexity index is 334. The second-order valence-corrected chi connectivity index (χ2v) is 5.88. The van der Waals surface area contributed by atoms with Crippen molar-refractivity contribution in [2.24, 2.45) is 10.3 Å². The fraction of sp³-hybridized carbons (Fsp3) is 0.923. The van der Waals surface area contributed by atoms with E-state index in [1.54, 1.807) is 23.5 Å². The van der Waals surface area contributed by atoms with Crippen molar-refractivity contribution in [3.05, 3.63) is 10.4 Å². The third kappa shape index (κ3) is 17.5. The summed E-state index contributed by atoms with van der Waals surface area (Å²) in [5.74, 6) is 1.78. The molecule has 0 N–H and O–H groups in total. The number of azide groups is 1. The topological polar surface area (TPSA) is 98.0 Å². The minimum atomic E-state index is 0.345. The summed E-state index contributed by atoms with van der Waals surface area (Å²) in [4.78, 5) is 7.86. The summed E-state index contributed by atoms with van der Waals surface area (Å²) < 4.78 is 15.9. The molecule has 8 nitrogen and oxygen atoms in total. The van der Waals surface area contributed by atoms with Crippen LogP contribution in [0.25, 0.3) is 10.4 Å². The molecule has 0 aromatic carbocycles. The van der Waals surface area contributed by atoms with Crippen LogP contribution in [0.5, 0.6) is 0 Å². The number of rotatable bonds is 17. The van der Waals surface area contributed by atoms with E-state index < -0.39 is 0 Å². The van der Waals surface area contributed by atoms with E-state index in [1.807, 2.05) is 12.5 Å². The molecule has 0 aliphatic heterocycles. The van der Waals surface area contributed by atoms with Gasteiger partial charge in [0.15, 0.2) is 0 Å². The standard InChI is InChI=1S/C13H26N4O4S2/c1-22-11-13(12-23-2)16-21-10-9-20-8-7-19-6-5-18-4-3-15-17-14/h3-12H2,1-2H3. The van der Waals surface area contributed by atoms with Gasteiger partial charge in [-0.05, 0) is 18.0 Å². The lowest BCUT2D eigenvalue weighted by molar-refractivity contribution is -0.000327. The Balaban J connectivity index is 3.29. The molecule has 0 amide bonds. The normalized spacial score (nSPS) is 10.2. The van der Waals surface area contributed by atoms with Gasteiger partial charge in [0.25, 0.3) is 0 Å². The smallest absolute Gasteiger partial charge is 0.140 e. The molecule has 0 saturated carbocycles. The van der Waals surface area contributed by atoms with Crippen molar-refractivity contribution in [2.75, 3.05) is 76.8 Å². The number of ether oxygens (including phenoxy) is 3. The van der Waals surface area contributed by atoms with Crippen LogP contribution < -0.4 is 0 Å². The number of thioether (sulfide) groups is 2. The SMILES string of the molecule is CSCC(CSC)=NOCCOCCOCCOCCN=[N+]=[N-]. The van der Waals surface area contributed by atoms with Gasteiger partial charge in [-0.25, -0.2) is 0 Å². The quantitative estimate of drug-likeness (QED) is 0.0979. The van der Waals surface area contributed by atoms with Gasteiger partial charge in [0, 0.05) is 23.0 Å². The summed E-state index contributed by atoms with van der Waals surface area (Å²) in [6.07, 6.45) is 4.09. The molecule has 0 atom stereocenters. The second-order valence-electron chi connectivity index (χ2n) is 4.15. The Kier molecular flexibility index (Phi) is 18.9. The van der Waals surface area contributed by atoms with E-state index in [0.29, 0.717) is 52.8 Å². The first-order valence-electron chi connectivity index (χ1n) is 7.24. The van der Waals surface area contributed by atoms with Crippen molar-refractivity contribution in [2.45, 2.75) is 0 Å². The number of hydrogen-bond donors (Lipinski definition) is 0. The Morgan fingerprint density at radius 1 is 0.870 bits per heavy atom. The molecule has 0 aliphatic rings. The van der Waals surface area contributed by atoms with Crippen molar-refractivity contribution in [1.29, 1.82) is 0 Å². The predicted octanol–water partition coefficient (Wildman–Crippen LogP) is 2.45. The van der Waals surface area contributed by atoms with Gasteiger partial charge in [-0.3, -0.25) is 0 Å². The van der Waals surface area contributed by atoms with E-state index in [2.05, 4.69) is 15.2 Å². The highest BCUT2D eigenvalue weighted by atomic mass is 32.2. The van der Waals surface area contributed by atoms with Crippen molar-refractivity contribution < 1.29 is 19.0 Å². The van der Waals surface area contributed by atoms with Gasteiger partial charge in [-0.2, -0.15) is 23.5 Å². The zero-order chi connectivity index (χ0) is 17.0. The maximum Gasteiger partial charge on any atom is 0.140 e.